The Labute approximate surface area is 166 Å². The average molecular weight is 411 g/mol. The fourth-order valence-electron chi connectivity index (χ4n) is 5.73. The van der Waals surface area contributed by atoms with Gasteiger partial charge in [0, 0.05) is 29.6 Å². The van der Waals surface area contributed by atoms with Gasteiger partial charge in [0.15, 0.2) is 0 Å². The summed E-state index contributed by atoms with van der Waals surface area (Å²) in [7, 11) is -3.58. The summed E-state index contributed by atoms with van der Waals surface area (Å²) in [6, 6.07) is 6.19. The highest BCUT2D eigenvalue weighted by molar-refractivity contribution is 7.89. The van der Waals surface area contributed by atoms with Gasteiger partial charge < -0.3 is 4.90 Å². The molecular weight excluding hydrogens is 384 g/mol. The molecule has 1 spiro atoms. The highest BCUT2D eigenvalue weighted by Crippen LogP contribution is 2.51. The van der Waals surface area contributed by atoms with Crippen LogP contribution in [0.15, 0.2) is 29.2 Å². The molecule has 0 unspecified atom stereocenters. The van der Waals surface area contributed by atoms with Crippen molar-refractivity contribution >= 4 is 27.5 Å². The molecule has 27 heavy (non-hydrogen) atoms. The van der Waals surface area contributed by atoms with Gasteiger partial charge in [-0.15, -0.1) is 0 Å². The summed E-state index contributed by atoms with van der Waals surface area (Å²) in [5.41, 5.74) is -0.0464. The zero-order valence-corrected chi connectivity index (χ0v) is 17.2. The zero-order chi connectivity index (χ0) is 19.2. The van der Waals surface area contributed by atoms with Crippen LogP contribution in [0.25, 0.3) is 0 Å². The number of benzene rings is 1. The van der Waals surface area contributed by atoms with Crippen molar-refractivity contribution in [3.63, 3.8) is 0 Å². The van der Waals surface area contributed by atoms with Gasteiger partial charge in [0.1, 0.15) is 0 Å². The van der Waals surface area contributed by atoms with Gasteiger partial charge in [0.05, 0.1) is 4.90 Å². The lowest BCUT2D eigenvalue weighted by Crippen LogP contribution is -2.59. The summed E-state index contributed by atoms with van der Waals surface area (Å²) in [6.07, 6.45) is 6.33. The van der Waals surface area contributed by atoms with Gasteiger partial charge in [0.25, 0.3) is 0 Å². The molecule has 1 aromatic rings. The third-order valence-corrected chi connectivity index (χ3v) is 8.77. The molecule has 1 saturated carbocycles. The smallest absolute Gasteiger partial charge is 0.240 e. The molecule has 1 N–H and O–H groups in total. The van der Waals surface area contributed by atoms with E-state index in [0.29, 0.717) is 23.3 Å². The van der Waals surface area contributed by atoms with Crippen LogP contribution in [0, 0.1) is 11.8 Å². The summed E-state index contributed by atoms with van der Waals surface area (Å²) >= 11 is 5.88. The third-order valence-electron chi connectivity index (χ3n) is 7.01. The molecule has 3 fully saturated rings. The molecule has 3 aliphatic rings. The lowest BCUT2D eigenvalue weighted by Gasteiger charge is -2.52. The quantitative estimate of drug-likeness (QED) is 0.828. The van der Waals surface area contributed by atoms with Gasteiger partial charge in [0.2, 0.25) is 15.9 Å². The molecule has 0 aromatic heterocycles. The van der Waals surface area contributed by atoms with Crippen molar-refractivity contribution in [2.45, 2.75) is 68.3 Å². The van der Waals surface area contributed by atoms with Gasteiger partial charge in [-0.1, -0.05) is 18.5 Å². The number of rotatable bonds is 3. The van der Waals surface area contributed by atoms with Crippen molar-refractivity contribution in [1.29, 1.82) is 0 Å². The minimum Gasteiger partial charge on any atom is -0.337 e. The maximum absolute atomic E-state index is 12.8. The van der Waals surface area contributed by atoms with E-state index in [4.69, 9.17) is 11.6 Å². The fourth-order valence-corrected chi connectivity index (χ4v) is 7.22. The van der Waals surface area contributed by atoms with E-state index in [9.17, 15) is 13.2 Å². The first-order chi connectivity index (χ1) is 12.8. The van der Waals surface area contributed by atoms with Crippen LogP contribution >= 0.6 is 11.6 Å². The maximum atomic E-state index is 12.8. The topological polar surface area (TPSA) is 66.5 Å². The lowest BCUT2D eigenvalue weighted by molar-refractivity contribution is -0.138. The Hall–Kier alpha value is -1.11. The Morgan fingerprint density at radius 2 is 1.89 bits per heavy atom. The van der Waals surface area contributed by atoms with Gasteiger partial charge in [-0.2, -0.15) is 0 Å². The second-order valence-corrected chi connectivity index (χ2v) is 10.5. The van der Waals surface area contributed by atoms with E-state index in [1.54, 1.807) is 24.3 Å². The van der Waals surface area contributed by atoms with Gasteiger partial charge >= 0.3 is 0 Å². The third kappa shape index (κ3) is 3.30. The summed E-state index contributed by atoms with van der Waals surface area (Å²) in [5, 5.41) is 0.520. The number of nitrogens with zero attached hydrogens (tertiary/aromatic N) is 1. The van der Waals surface area contributed by atoms with Gasteiger partial charge in [-0.25, -0.2) is 13.1 Å². The van der Waals surface area contributed by atoms with Crippen LogP contribution in [0.1, 0.15) is 51.9 Å². The molecule has 4 atom stereocenters. The zero-order valence-electron chi connectivity index (χ0n) is 15.7. The van der Waals surface area contributed by atoms with E-state index >= 15 is 0 Å². The summed E-state index contributed by atoms with van der Waals surface area (Å²) < 4.78 is 28.6. The number of nitrogens with one attached hydrogen (secondary N) is 1. The van der Waals surface area contributed by atoms with Gasteiger partial charge in [-0.3, -0.25) is 4.79 Å². The van der Waals surface area contributed by atoms with E-state index in [-0.39, 0.29) is 22.4 Å². The largest absolute Gasteiger partial charge is 0.337 e. The van der Waals surface area contributed by atoms with E-state index in [2.05, 4.69) is 16.5 Å². The monoisotopic (exact) mass is 410 g/mol. The lowest BCUT2D eigenvalue weighted by atomic mass is 9.63. The van der Waals surface area contributed by atoms with Crippen molar-refractivity contribution in [2.24, 2.45) is 11.8 Å². The predicted octanol–water partition coefficient (Wildman–Crippen LogP) is 3.58. The molecule has 7 heteroatoms. The van der Waals surface area contributed by atoms with E-state index < -0.39 is 10.0 Å². The Bertz CT molecular complexity index is 826. The van der Waals surface area contributed by atoms with Crippen molar-refractivity contribution in [3.8, 4) is 0 Å². The van der Waals surface area contributed by atoms with Crippen molar-refractivity contribution in [2.75, 3.05) is 6.54 Å². The maximum Gasteiger partial charge on any atom is 0.240 e. The molecule has 4 rings (SSSR count). The fraction of sp³-hybridized carbons (Fsp3) is 0.650. The standard InChI is InChI=1S/C20H27ClN2O3S/c1-14-17-4-2-5-19(24)23-13-3-11-20(17,23)12-10-18(14)22-27(25,26)16-8-6-15(21)7-9-16/h6-9,14,17-18,22H,2-5,10-13H2,1H3/t14-,17+,18+,20-/m1/s1. The SMILES string of the molecule is C[C@H]1[C@@H](NS(=O)(=O)c2ccc(Cl)cc2)CC[C@@]23CCCN2C(=O)CCC[C@@H]13. The predicted molar refractivity (Wildman–Crippen MR) is 105 cm³/mol. The van der Waals surface area contributed by atoms with Crippen molar-refractivity contribution in [3.05, 3.63) is 29.3 Å². The highest BCUT2D eigenvalue weighted by Gasteiger charge is 2.55. The molecule has 1 amide bonds. The summed E-state index contributed by atoms with van der Waals surface area (Å²) in [5.74, 6) is 0.854. The minimum absolute atomic E-state index is 0.0464. The van der Waals surface area contributed by atoms with Crippen LogP contribution in [0.2, 0.25) is 5.02 Å². The molecule has 2 saturated heterocycles. The second-order valence-electron chi connectivity index (χ2n) is 8.33. The number of carbonyl (C=O) groups excluding carboxylic acids is 1. The normalized spacial score (nSPS) is 34.1. The Kier molecular flexibility index (Phi) is 5.02. The van der Waals surface area contributed by atoms with Crippen LogP contribution in [-0.2, 0) is 14.8 Å². The molecule has 5 nitrogen and oxygen atoms in total. The highest BCUT2D eigenvalue weighted by atomic mass is 35.5. The number of halogens is 1. The Morgan fingerprint density at radius 3 is 2.63 bits per heavy atom. The van der Waals surface area contributed by atoms with Crippen LogP contribution in [0.4, 0.5) is 0 Å². The van der Waals surface area contributed by atoms with Crippen LogP contribution in [0.3, 0.4) is 0 Å². The van der Waals surface area contributed by atoms with Crippen molar-refractivity contribution < 1.29 is 13.2 Å². The van der Waals surface area contributed by atoms with Crippen LogP contribution < -0.4 is 4.72 Å². The minimum atomic E-state index is -3.58. The number of hydrogen-bond acceptors (Lipinski definition) is 3. The number of amides is 1. The van der Waals surface area contributed by atoms with E-state index in [1.165, 1.54) is 0 Å². The first-order valence-corrected chi connectivity index (χ1v) is 11.8. The van der Waals surface area contributed by atoms with Crippen LogP contribution in [0.5, 0.6) is 0 Å². The first-order valence-electron chi connectivity index (χ1n) is 9.92. The number of carbonyl (C=O) groups is 1. The number of hydrogen-bond donors (Lipinski definition) is 1. The molecule has 148 valence electrons. The average Bonchev–Trinajstić information content (AvgIpc) is 2.99. The van der Waals surface area contributed by atoms with Crippen LogP contribution in [-0.4, -0.2) is 37.4 Å². The molecule has 2 heterocycles. The summed E-state index contributed by atoms with van der Waals surface area (Å²) in [4.78, 5) is 15.0. The van der Waals surface area contributed by atoms with Crippen molar-refractivity contribution in [1.82, 2.24) is 9.62 Å². The van der Waals surface area contributed by atoms with E-state index in [1.807, 2.05) is 0 Å². The number of sulfonamides is 1. The molecule has 1 aromatic carbocycles. The molecule has 0 radical (unpaired) electrons. The van der Waals surface area contributed by atoms with Gasteiger partial charge in [-0.05, 0) is 74.6 Å². The molecule has 0 bridgehead atoms. The molecule has 2 aliphatic heterocycles. The molecular formula is C20H27ClN2O3S. The Balaban J connectivity index is 1.57. The first kappa shape index (κ1) is 19.2. The van der Waals surface area contributed by atoms with E-state index in [0.717, 1.165) is 45.1 Å². The summed E-state index contributed by atoms with van der Waals surface area (Å²) in [6.45, 7) is 3.02. The second kappa shape index (κ2) is 7.05. The molecule has 1 aliphatic carbocycles. The Morgan fingerprint density at radius 1 is 1.15 bits per heavy atom.